The van der Waals surface area contributed by atoms with Gasteiger partial charge in [-0.15, -0.1) is 0 Å². The van der Waals surface area contributed by atoms with Crippen LogP contribution in [-0.4, -0.2) is 81.0 Å². The first-order valence-electron chi connectivity index (χ1n) is 14.6. The van der Waals surface area contributed by atoms with Crippen LogP contribution in [0.15, 0.2) is 72.8 Å². The normalized spacial score (nSPS) is 20.4. The number of piperazine rings is 1. The molecule has 3 aliphatic rings. The van der Waals surface area contributed by atoms with E-state index in [1.54, 1.807) is 19.2 Å². The number of hydrogen-bond donors (Lipinski definition) is 2. The maximum Gasteiger partial charge on any atom is 0.246 e. The second-order valence-corrected chi connectivity index (χ2v) is 11.3. The molecule has 2 heterocycles. The highest BCUT2D eigenvalue weighted by molar-refractivity contribution is 5.87. The molecule has 6 rings (SSSR count). The molecule has 1 aliphatic carbocycles. The zero-order valence-electron chi connectivity index (χ0n) is 23.3. The van der Waals surface area contributed by atoms with Gasteiger partial charge in [0.15, 0.2) is 0 Å². The lowest BCUT2D eigenvalue weighted by Gasteiger charge is -2.40. The molecule has 2 unspecified atom stereocenters. The highest BCUT2D eigenvalue weighted by Crippen LogP contribution is 2.39. The van der Waals surface area contributed by atoms with Gasteiger partial charge in [-0.1, -0.05) is 42.5 Å². The van der Waals surface area contributed by atoms with Crippen LogP contribution in [0.5, 0.6) is 5.75 Å². The quantitative estimate of drug-likeness (QED) is 0.370. The summed E-state index contributed by atoms with van der Waals surface area (Å²) in [6, 6.07) is 24.5. The fraction of sp³-hybridized carbons (Fsp3) is 0.424. The van der Waals surface area contributed by atoms with Gasteiger partial charge in [0.25, 0.3) is 0 Å². The highest BCUT2D eigenvalue weighted by atomic mass is 16.5. The second-order valence-electron chi connectivity index (χ2n) is 11.3. The summed E-state index contributed by atoms with van der Waals surface area (Å²) in [5, 5.41) is 13.2. The molecule has 40 heavy (non-hydrogen) atoms. The molecule has 3 aromatic rings. The zero-order chi connectivity index (χ0) is 27.5. The number of para-hydroxylation sites is 1. The standard InChI is InChI=1S/C33H40N4O3/c1-40-19-5-17-35-22-26(30-8-2-3-9-31(30)35)23-37(27-12-13-27)33(39)32-21-34-16-18-36(32)28-7-4-6-25(20-28)24-10-14-29(38)15-11-24/h2-4,6-11,14-15,20,26-27,32,34,38H,5,12-13,16-19,21-23H2,1H3. The summed E-state index contributed by atoms with van der Waals surface area (Å²) in [5.74, 6) is 0.807. The fourth-order valence-corrected chi connectivity index (χ4v) is 6.34. The summed E-state index contributed by atoms with van der Waals surface area (Å²) in [7, 11) is 1.76. The van der Waals surface area contributed by atoms with Crippen molar-refractivity contribution in [1.29, 1.82) is 0 Å². The van der Waals surface area contributed by atoms with E-state index in [1.807, 2.05) is 12.1 Å². The Labute approximate surface area is 237 Å². The number of fused-ring (bicyclic) bond motifs is 1. The molecule has 1 saturated carbocycles. The third-order valence-electron chi connectivity index (χ3n) is 8.53. The monoisotopic (exact) mass is 540 g/mol. The number of carbonyl (C=O) groups excluding carboxylic acids is 1. The first kappa shape index (κ1) is 26.7. The lowest BCUT2D eigenvalue weighted by atomic mass is 9.99. The van der Waals surface area contributed by atoms with Crippen LogP contribution in [0.4, 0.5) is 11.4 Å². The van der Waals surface area contributed by atoms with Crippen molar-refractivity contribution in [2.45, 2.75) is 37.3 Å². The number of benzene rings is 3. The number of carbonyl (C=O) groups is 1. The van der Waals surface area contributed by atoms with Gasteiger partial charge in [-0.2, -0.15) is 0 Å². The molecule has 7 nitrogen and oxygen atoms in total. The Bertz CT molecular complexity index is 1310. The van der Waals surface area contributed by atoms with Gasteiger partial charge in [0.05, 0.1) is 0 Å². The third-order valence-corrected chi connectivity index (χ3v) is 8.53. The summed E-state index contributed by atoms with van der Waals surface area (Å²) in [6.07, 6.45) is 3.18. The van der Waals surface area contributed by atoms with Gasteiger partial charge in [-0.05, 0) is 66.3 Å². The number of rotatable bonds is 10. The van der Waals surface area contributed by atoms with Gasteiger partial charge >= 0.3 is 0 Å². The van der Waals surface area contributed by atoms with Gasteiger partial charge in [0.1, 0.15) is 11.8 Å². The molecular weight excluding hydrogens is 500 g/mol. The number of amides is 1. The van der Waals surface area contributed by atoms with Crippen molar-refractivity contribution in [1.82, 2.24) is 10.2 Å². The Morgan fingerprint density at radius 2 is 1.88 bits per heavy atom. The van der Waals surface area contributed by atoms with E-state index in [2.05, 4.69) is 68.5 Å². The number of ether oxygens (including phenoxy) is 1. The summed E-state index contributed by atoms with van der Waals surface area (Å²) in [5.41, 5.74) is 5.86. The van der Waals surface area contributed by atoms with Crippen molar-refractivity contribution in [2.75, 3.05) is 62.8 Å². The SMILES string of the molecule is COCCCN1CC(CN(C(=O)C2CNCCN2c2cccc(-c3ccc(O)cc3)c2)C2CC2)c2ccccc21. The van der Waals surface area contributed by atoms with Crippen LogP contribution in [0.2, 0.25) is 0 Å². The van der Waals surface area contributed by atoms with Gasteiger partial charge in [-0.25, -0.2) is 0 Å². The predicted octanol–water partition coefficient (Wildman–Crippen LogP) is 4.47. The Morgan fingerprint density at radius 3 is 2.67 bits per heavy atom. The van der Waals surface area contributed by atoms with Crippen molar-refractivity contribution >= 4 is 17.3 Å². The van der Waals surface area contributed by atoms with Gasteiger partial charge in [0, 0.05) is 76.3 Å². The Balaban J connectivity index is 1.22. The Kier molecular flexibility index (Phi) is 7.93. The van der Waals surface area contributed by atoms with Crippen LogP contribution >= 0.6 is 0 Å². The molecule has 2 aliphatic heterocycles. The number of methoxy groups -OCH3 is 1. The largest absolute Gasteiger partial charge is 0.508 e. The Morgan fingerprint density at radius 1 is 1.05 bits per heavy atom. The van der Waals surface area contributed by atoms with Crippen molar-refractivity contribution < 1.29 is 14.6 Å². The first-order valence-corrected chi connectivity index (χ1v) is 14.6. The van der Waals surface area contributed by atoms with E-state index in [1.165, 1.54) is 11.3 Å². The highest BCUT2D eigenvalue weighted by Gasteiger charge is 2.41. The molecular formula is C33H40N4O3. The number of phenolic OH excluding ortho intramolecular Hbond substituents is 1. The summed E-state index contributed by atoms with van der Waals surface area (Å²) in [4.78, 5) is 21.3. The second kappa shape index (κ2) is 11.9. The number of hydrogen-bond acceptors (Lipinski definition) is 6. The van der Waals surface area contributed by atoms with E-state index in [0.717, 1.165) is 75.4 Å². The van der Waals surface area contributed by atoms with Crippen molar-refractivity contribution in [3.05, 3.63) is 78.4 Å². The van der Waals surface area contributed by atoms with Gasteiger partial charge < -0.3 is 29.9 Å². The molecule has 1 amide bonds. The maximum atomic E-state index is 14.3. The van der Waals surface area contributed by atoms with Crippen LogP contribution in [0.25, 0.3) is 11.1 Å². The van der Waals surface area contributed by atoms with Crippen LogP contribution in [-0.2, 0) is 9.53 Å². The lowest BCUT2D eigenvalue weighted by molar-refractivity contribution is -0.133. The smallest absolute Gasteiger partial charge is 0.246 e. The number of aromatic hydroxyl groups is 1. The minimum Gasteiger partial charge on any atom is -0.508 e. The average Bonchev–Trinajstić information content (AvgIpc) is 3.78. The van der Waals surface area contributed by atoms with E-state index in [9.17, 15) is 9.90 Å². The molecule has 2 N–H and O–H groups in total. The van der Waals surface area contributed by atoms with Gasteiger partial charge in [0.2, 0.25) is 5.91 Å². The molecule has 0 bridgehead atoms. The maximum absolute atomic E-state index is 14.3. The molecule has 210 valence electrons. The number of phenols is 1. The molecule has 7 heteroatoms. The molecule has 0 aromatic heterocycles. The lowest BCUT2D eigenvalue weighted by Crippen LogP contribution is -2.59. The fourth-order valence-electron chi connectivity index (χ4n) is 6.34. The van der Waals surface area contributed by atoms with E-state index in [4.69, 9.17) is 4.74 Å². The molecule has 2 atom stereocenters. The van der Waals surface area contributed by atoms with Gasteiger partial charge in [-0.3, -0.25) is 4.79 Å². The number of nitrogens with one attached hydrogen (secondary N) is 1. The van der Waals surface area contributed by atoms with E-state index in [-0.39, 0.29) is 17.7 Å². The van der Waals surface area contributed by atoms with Crippen LogP contribution in [0, 0.1) is 0 Å². The number of nitrogens with zero attached hydrogens (tertiary/aromatic N) is 3. The summed E-state index contributed by atoms with van der Waals surface area (Å²) < 4.78 is 5.30. The van der Waals surface area contributed by atoms with Crippen molar-refractivity contribution in [3.8, 4) is 16.9 Å². The minimum atomic E-state index is -0.237. The van der Waals surface area contributed by atoms with Crippen LogP contribution in [0.3, 0.4) is 0 Å². The summed E-state index contributed by atoms with van der Waals surface area (Å²) >= 11 is 0. The van der Waals surface area contributed by atoms with E-state index in [0.29, 0.717) is 18.5 Å². The van der Waals surface area contributed by atoms with Crippen molar-refractivity contribution in [3.63, 3.8) is 0 Å². The molecule has 1 saturated heterocycles. The Hall–Kier alpha value is -3.55. The average molecular weight is 541 g/mol. The summed E-state index contributed by atoms with van der Waals surface area (Å²) in [6.45, 7) is 5.72. The van der Waals surface area contributed by atoms with Crippen molar-refractivity contribution in [2.24, 2.45) is 0 Å². The third kappa shape index (κ3) is 5.67. The van der Waals surface area contributed by atoms with Crippen LogP contribution in [0.1, 0.15) is 30.7 Å². The van der Waals surface area contributed by atoms with E-state index < -0.39 is 0 Å². The number of anilines is 2. The van der Waals surface area contributed by atoms with E-state index >= 15 is 0 Å². The zero-order valence-corrected chi connectivity index (χ0v) is 23.3. The molecule has 0 spiro atoms. The molecule has 0 radical (unpaired) electrons. The molecule has 3 aromatic carbocycles. The topological polar surface area (TPSA) is 68.3 Å². The van der Waals surface area contributed by atoms with Crippen LogP contribution < -0.4 is 15.1 Å². The molecule has 2 fully saturated rings. The predicted molar refractivity (Wildman–Crippen MR) is 160 cm³/mol. The first-order chi connectivity index (χ1) is 19.6. The minimum absolute atomic E-state index is 0.236.